The normalized spacial score (nSPS) is 14.9. The maximum absolute atomic E-state index is 12.8. The Morgan fingerprint density at radius 3 is 2.73 bits per heavy atom. The summed E-state index contributed by atoms with van der Waals surface area (Å²) in [5, 5.41) is 3.37. The molecule has 2 aromatic rings. The molecule has 0 spiro atoms. The van der Waals surface area contributed by atoms with Gasteiger partial charge in [0.1, 0.15) is 11.5 Å². The number of carbonyl (C=O) groups excluding carboxylic acids is 2. The minimum atomic E-state index is -0.126. The second-order valence-electron chi connectivity index (χ2n) is 6.21. The molecule has 0 saturated carbocycles. The number of piperidine rings is 1. The van der Waals surface area contributed by atoms with E-state index in [1.165, 1.54) is 7.11 Å². The third kappa shape index (κ3) is 4.19. The number of rotatable bonds is 5. The molecule has 2 amide bonds. The number of carbonyl (C=O) groups is 2. The molecule has 1 saturated heterocycles. The van der Waals surface area contributed by atoms with Gasteiger partial charge in [-0.15, -0.1) is 0 Å². The van der Waals surface area contributed by atoms with Gasteiger partial charge in [0.15, 0.2) is 0 Å². The summed E-state index contributed by atoms with van der Waals surface area (Å²) in [5.74, 6) is 0.986. The van der Waals surface area contributed by atoms with Crippen molar-refractivity contribution >= 4 is 23.4 Å². The minimum absolute atomic E-state index is 0.00571. The lowest BCUT2D eigenvalue weighted by Gasteiger charge is -2.31. The van der Waals surface area contributed by atoms with E-state index in [9.17, 15) is 9.59 Å². The number of amides is 2. The second-order valence-corrected chi connectivity index (χ2v) is 6.64. The lowest BCUT2D eigenvalue weighted by atomic mass is 9.95. The van der Waals surface area contributed by atoms with Gasteiger partial charge in [0.05, 0.1) is 25.5 Å². The molecule has 7 heteroatoms. The third-order valence-corrected chi connectivity index (χ3v) is 4.80. The van der Waals surface area contributed by atoms with E-state index in [4.69, 9.17) is 20.8 Å². The highest BCUT2D eigenvalue weighted by atomic mass is 35.5. The largest absolute Gasteiger partial charge is 0.496 e. The van der Waals surface area contributed by atoms with Crippen molar-refractivity contribution in [2.45, 2.75) is 19.4 Å². The highest BCUT2D eigenvalue weighted by Gasteiger charge is 2.29. The predicted octanol–water partition coefficient (Wildman–Crippen LogP) is 3.11. The number of ether oxygens (including phenoxy) is 1. The summed E-state index contributed by atoms with van der Waals surface area (Å²) in [4.78, 5) is 26.8. The van der Waals surface area contributed by atoms with Crippen LogP contribution in [-0.4, -0.2) is 36.9 Å². The van der Waals surface area contributed by atoms with Crippen LogP contribution in [0.25, 0.3) is 0 Å². The summed E-state index contributed by atoms with van der Waals surface area (Å²) in [6.45, 7) is 1.42. The number of nitrogens with one attached hydrogen (secondary N) is 1. The molecular formula is C19H21ClN2O4. The number of furan rings is 1. The van der Waals surface area contributed by atoms with Crippen molar-refractivity contribution in [3.8, 4) is 5.75 Å². The van der Waals surface area contributed by atoms with Gasteiger partial charge >= 0.3 is 0 Å². The zero-order valence-corrected chi connectivity index (χ0v) is 15.3. The third-order valence-electron chi connectivity index (χ3n) is 4.56. The fraction of sp³-hybridized carbons (Fsp3) is 0.368. The average Bonchev–Trinajstić information content (AvgIpc) is 3.19. The first-order valence-electron chi connectivity index (χ1n) is 8.51. The van der Waals surface area contributed by atoms with E-state index in [0.717, 1.165) is 5.76 Å². The van der Waals surface area contributed by atoms with E-state index >= 15 is 0 Å². The SMILES string of the molecule is COc1ccc(Cl)cc1C(=O)N1CCC(C(=O)NCc2ccco2)CC1. The number of nitrogens with zero attached hydrogens (tertiary/aromatic N) is 1. The van der Waals surface area contributed by atoms with Crippen LogP contribution in [0.1, 0.15) is 29.0 Å². The van der Waals surface area contributed by atoms with Gasteiger partial charge in [0.25, 0.3) is 5.91 Å². The summed E-state index contributed by atoms with van der Waals surface area (Å²) < 4.78 is 10.5. The fourth-order valence-corrected chi connectivity index (χ4v) is 3.27. The first-order chi connectivity index (χ1) is 12.6. The maximum atomic E-state index is 12.8. The quantitative estimate of drug-likeness (QED) is 0.870. The molecule has 1 aliphatic heterocycles. The minimum Gasteiger partial charge on any atom is -0.496 e. The maximum Gasteiger partial charge on any atom is 0.257 e. The molecule has 0 aliphatic carbocycles. The molecule has 0 radical (unpaired) electrons. The van der Waals surface area contributed by atoms with Crippen molar-refractivity contribution in [3.63, 3.8) is 0 Å². The number of methoxy groups -OCH3 is 1. The molecule has 0 atom stereocenters. The van der Waals surface area contributed by atoms with Crippen LogP contribution < -0.4 is 10.1 Å². The lowest BCUT2D eigenvalue weighted by Crippen LogP contribution is -2.43. The van der Waals surface area contributed by atoms with Crippen LogP contribution in [0.3, 0.4) is 0 Å². The Kier molecular flexibility index (Phi) is 5.83. The smallest absolute Gasteiger partial charge is 0.257 e. The van der Waals surface area contributed by atoms with Crippen LogP contribution in [0, 0.1) is 5.92 Å². The molecule has 0 unspecified atom stereocenters. The highest BCUT2D eigenvalue weighted by Crippen LogP contribution is 2.26. The van der Waals surface area contributed by atoms with Crippen molar-refractivity contribution in [2.75, 3.05) is 20.2 Å². The number of hydrogen-bond acceptors (Lipinski definition) is 4. The van der Waals surface area contributed by atoms with Gasteiger partial charge in [-0.05, 0) is 43.2 Å². The monoisotopic (exact) mass is 376 g/mol. The van der Waals surface area contributed by atoms with E-state index in [0.29, 0.717) is 48.8 Å². The van der Waals surface area contributed by atoms with Gasteiger partial charge < -0.3 is 19.4 Å². The summed E-state index contributed by atoms with van der Waals surface area (Å²) in [7, 11) is 1.52. The Balaban J connectivity index is 1.55. The standard InChI is InChI=1S/C19H21ClN2O4/c1-25-17-5-4-14(20)11-16(17)19(24)22-8-6-13(7-9-22)18(23)21-12-15-3-2-10-26-15/h2-5,10-11,13H,6-9,12H2,1H3,(H,21,23). The topological polar surface area (TPSA) is 71.8 Å². The first-order valence-corrected chi connectivity index (χ1v) is 8.89. The molecular weight excluding hydrogens is 356 g/mol. The van der Waals surface area contributed by atoms with E-state index in [2.05, 4.69) is 5.32 Å². The van der Waals surface area contributed by atoms with E-state index in [1.54, 1.807) is 35.4 Å². The highest BCUT2D eigenvalue weighted by molar-refractivity contribution is 6.31. The average molecular weight is 377 g/mol. The molecule has 1 N–H and O–H groups in total. The lowest BCUT2D eigenvalue weighted by molar-refractivity contribution is -0.126. The molecule has 1 aromatic heterocycles. The number of likely N-dealkylation sites (tertiary alicyclic amines) is 1. The van der Waals surface area contributed by atoms with Crippen molar-refractivity contribution in [1.82, 2.24) is 10.2 Å². The van der Waals surface area contributed by atoms with Crippen LogP contribution in [-0.2, 0) is 11.3 Å². The van der Waals surface area contributed by atoms with Crippen molar-refractivity contribution in [1.29, 1.82) is 0 Å². The molecule has 1 aromatic carbocycles. The Morgan fingerprint density at radius 1 is 1.31 bits per heavy atom. The second kappa shape index (κ2) is 8.27. The van der Waals surface area contributed by atoms with Crippen LogP contribution in [0.2, 0.25) is 5.02 Å². The number of benzene rings is 1. The van der Waals surface area contributed by atoms with Crippen molar-refractivity contribution in [2.24, 2.45) is 5.92 Å². The summed E-state index contributed by atoms with van der Waals surface area (Å²) in [5.41, 5.74) is 0.445. The molecule has 138 valence electrons. The molecule has 26 heavy (non-hydrogen) atoms. The zero-order valence-electron chi connectivity index (χ0n) is 14.5. The van der Waals surface area contributed by atoms with Crippen LogP contribution in [0.4, 0.5) is 0 Å². The molecule has 1 aliphatic rings. The van der Waals surface area contributed by atoms with E-state index in [1.807, 2.05) is 6.07 Å². The predicted molar refractivity (Wildman–Crippen MR) is 97.2 cm³/mol. The molecule has 2 heterocycles. The van der Waals surface area contributed by atoms with Gasteiger partial charge in [-0.2, -0.15) is 0 Å². The summed E-state index contributed by atoms with van der Waals surface area (Å²) >= 11 is 6.01. The Bertz CT molecular complexity index is 768. The van der Waals surface area contributed by atoms with E-state index in [-0.39, 0.29) is 17.7 Å². The number of halogens is 1. The zero-order chi connectivity index (χ0) is 18.5. The van der Waals surface area contributed by atoms with Crippen molar-refractivity contribution in [3.05, 3.63) is 52.9 Å². The number of hydrogen-bond donors (Lipinski definition) is 1. The van der Waals surface area contributed by atoms with E-state index < -0.39 is 0 Å². The van der Waals surface area contributed by atoms with Gasteiger partial charge in [-0.25, -0.2) is 0 Å². The molecule has 6 nitrogen and oxygen atoms in total. The Morgan fingerprint density at radius 2 is 2.08 bits per heavy atom. The fourth-order valence-electron chi connectivity index (χ4n) is 3.09. The molecule has 1 fully saturated rings. The van der Waals surface area contributed by atoms with Gasteiger partial charge in [0.2, 0.25) is 5.91 Å². The summed E-state index contributed by atoms with van der Waals surface area (Å²) in [6, 6.07) is 8.59. The van der Waals surface area contributed by atoms with Gasteiger partial charge in [0, 0.05) is 24.0 Å². The first kappa shape index (κ1) is 18.3. The van der Waals surface area contributed by atoms with Crippen LogP contribution >= 0.6 is 11.6 Å². The molecule has 0 bridgehead atoms. The Hall–Kier alpha value is -2.47. The van der Waals surface area contributed by atoms with Crippen molar-refractivity contribution < 1.29 is 18.7 Å². The molecule has 3 rings (SSSR count). The summed E-state index contributed by atoms with van der Waals surface area (Å²) in [6.07, 6.45) is 2.83. The Labute approximate surface area is 157 Å². The van der Waals surface area contributed by atoms with Crippen LogP contribution in [0.15, 0.2) is 41.0 Å². The van der Waals surface area contributed by atoms with Gasteiger partial charge in [-0.3, -0.25) is 9.59 Å². The van der Waals surface area contributed by atoms with Gasteiger partial charge in [-0.1, -0.05) is 11.6 Å². The van der Waals surface area contributed by atoms with Crippen LogP contribution in [0.5, 0.6) is 5.75 Å².